The number of aromatic nitrogens is 1. The molecule has 1 aromatic rings. The van der Waals surface area contributed by atoms with Crippen LogP contribution in [0.15, 0.2) is 18.3 Å². The monoisotopic (exact) mass is 357 g/mol. The van der Waals surface area contributed by atoms with E-state index in [0.29, 0.717) is 13.1 Å². The first-order chi connectivity index (χ1) is 11.4. The Morgan fingerprint density at radius 3 is 2.12 bits per heavy atom. The molecule has 25 heavy (non-hydrogen) atoms. The molecule has 0 radical (unpaired) electrons. The Labute approximate surface area is 147 Å². The molecule has 0 spiro atoms. The predicted molar refractivity (Wildman–Crippen MR) is 91.6 cm³/mol. The Balaban J connectivity index is 2.10. The van der Waals surface area contributed by atoms with Crippen LogP contribution in [-0.4, -0.2) is 47.1 Å². The summed E-state index contributed by atoms with van der Waals surface area (Å²) >= 11 is 0. The molecule has 0 N–H and O–H groups in total. The van der Waals surface area contributed by atoms with Crippen LogP contribution in [0.3, 0.4) is 0 Å². The van der Waals surface area contributed by atoms with Crippen LogP contribution in [0, 0.1) is 0 Å². The predicted octanol–water partition coefficient (Wildman–Crippen LogP) is 3.76. The molecule has 140 valence electrons. The number of carbonyl (C=O) groups is 1. The van der Waals surface area contributed by atoms with Gasteiger partial charge >= 0.3 is 6.18 Å². The van der Waals surface area contributed by atoms with E-state index in [2.05, 4.69) is 25.8 Å². The summed E-state index contributed by atoms with van der Waals surface area (Å²) in [5.41, 5.74) is 1.13. The number of rotatable bonds is 2. The number of alkyl halides is 3. The van der Waals surface area contributed by atoms with Gasteiger partial charge in [-0.3, -0.25) is 4.79 Å². The number of carbonyl (C=O) groups excluding carboxylic acids is 1. The summed E-state index contributed by atoms with van der Waals surface area (Å²) in [6.45, 7) is 10.8. The lowest BCUT2D eigenvalue weighted by Gasteiger charge is -2.45. The SMILES string of the molecule is CC1CN(c2ccc(C(C)(C)C)cn2)CC(C)N1C(=O)CC(F)(F)F. The number of pyridine rings is 1. The molecule has 1 amide bonds. The van der Waals surface area contributed by atoms with Crippen LogP contribution >= 0.6 is 0 Å². The normalized spacial score (nSPS) is 22.2. The summed E-state index contributed by atoms with van der Waals surface area (Å²) in [7, 11) is 0. The topological polar surface area (TPSA) is 36.4 Å². The van der Waals surface area contributed by atoms with Crippen molar-refractivity contribution in [2.45, 2.75) is 64.7 Å². The average molecular weight is 357 g/mol. The van der Waals surface area contributed by atoms with Gasteiger partial charge in [0.2, 0.25) is 5.91 Å². The van der Waals surface area contributed by atoms with Gasteiger partial charge in [-0.2, -0.15) is 13.2 Å². The zero-order valence-electron chi connectivity index (χ0n) is 15.4. The molecular weight excluding hydrogens is 331 g/mol. The molecule has 0 aliphatic carbocycles. The fourth-order valence-electron chi connectivity index (χ4n) is 3.28. The van der Waals surface area contributed by atoms with Gasteiger partial charge in [0, 0.05) is 31.4 Å². The largest absolute Gasteiger partial charge is 0.397 e. The molecule has 2 unspecified atom stereocenters. The molecule has 1 saturated heterocycles. The number of nitrogens with zero attached hydrogens (tertiary/aromatic N) is 3. The molecule has 1 fully saturated rings. The highest BCUT2D eigenvalue weighted by atomic mass is 19.4. The second-order valence-corrected chi connectivity index (χ2v) is 7.85. The second kappa shape index (κ2) is 6.84. The maximum Gasteiger partial charge on any atom is 0.397 e. The van der Waals surface area contributed by atoms with Crippen LogP contribution in [0.1, 0.15) is 46.6 Å². The van der Waals surface area contributed by atoms with Crippen LogP contribution in [0.25, 0.3) is 0 Å². The Kier molecular flexibility index (Phi) is 5.35. The minimum absolute atomic E-state index is 0.00875. The summed E-state index contributed by atoms with van der Waals surface area (Å²) < 4.78 is 37.6. The summed E-state index contributed by atoms with van der Waals surface area (Å²) in [5.74, 6) is -0.0715. The number of piperazine rings is 1. The highest BCUT2D eigenvalue weighted by Gasteiger charge is 2.39. The Morgan fingerprint density at radius 2 is 1.72 bits per heavy atom. The van der Waals surface area contributed by atoms with E-state index in [0.717, 1.165) is 11.4 Å². The van der Waals surface area contributed by atoms with Crippen LogP contribution < -0.4 is 4.90 Å². The van der Waals surface area contributed by atoms with Crippen LogP contribution in [0.4, 0.5) is 19.0 Å². The number of hydrogen-bond donors (Lipinski definition) is 0. The van der Waals surface area contributed by atoms with E-state index in [-0.39, 0.29) is 17.5 Å². The van der Waals surface area contributed by atoms with Gasteiger partial charge in [0.15, 0.2) is 0 Å². The first-order valence-corrected chi connectivity index (χ1v) is 8.48. The molecule has 1 aromatic heterocycles. The van der Waals surface area contributed by atoms with Gasteiger partial charge in [0.25, 0.3) is 0 Å². The van der Waals surface area contributed by atoms with Gasteiger partial charge in [0.1, 0.15) is 12.2 Å². The molecule has 0 aromatic carbocycles. The van der Waals surface area contributed by atoms with E-state index >= 15 is 0 Å². The molecular formula is C18H26F3N3O. The zero-order chi connectivity index (χ0) is 19.0. The van der Waals surface area contributed by atoms with E-state index < -0.39 is 18.5 Å². The molecule has 2 atom stereocenters. The first-order valence-electron chi connectivity index (χ1n) is 8.48. The molecule has 2 rings (SSSR count). The van der Waals surface area contributed by atoms with Crippen molar-refractivity contribution in [1.82, 2.24) is 9.88 Å². The zero-order valence-corrected chi connectivity index (χ0v) is 15.4. The Bertz CT molecular complexity index is 595. The molecule has 0 saturated carbocycles. The average Bonchev–Trinajstić information content (AvgIpc) is 2.43. The van der Waals surface area contributed by atoms with Gasteiger partial charge < -0.3 is 9.80 Å². The third-order valence-electron chi connectivity index (χ3n) is 4.50. The summed E-state index contributed by atoms with van der Waals surface area (Å²) in [4.78, 5) is 19.9. The summed E-state index contributed by atoms with van der Waals surface area (Å²) in [5, 5.41) is 0. The number of anilines is 1. The maximum absolute atomic E-state index is 12.5. The van der Waals surface area contributed by atoms with Gasteiger partial charge in [0.05, 0.1) is 0 Å². The lowest BCUT2D eigenvalue weighted by atomic mass is 9.88. The van der Waals surface area contributed by atoms with Gasteiger partial charge in [-0.05, 0) is 30.9 Å². The second-order valence-electron chi connectivity index (χ2n) is 7.85. The van der Waals surface area contributed by atoms with Crippen molar-refractivity contribution in [1.29, 1.82) is 0 Å². The molecule has 1 aliphatic heterocycles. The Hall–Kier alpha value is -1.79. The number of halogens is 3. The molecule has 2 heterocycles. The van der Waals surface area contributed by atoms with Gasteiger partial charge in [-0.1, -0.05) is 26.8 Å². The quantitative estimate of drug-likeness (QED) is 0.809. The van der Waals surface area contributed by atoms with Crippen molar-refractivity contribution in [2.75, 3.05) is 18.0 Å². The van der Waals surface area contributed by atoms with E-state index in [1.807, 2.05) is 23.2 Å². The van der Waals surface area contributed by atoms with Crippen molar-refractivity contribution < 1.29 is 18.0 Å². The van der Waals surface area contributed by atoms with Gasteiger partial charge in [-0.15, -0.1) is 0 Å². The minimum Gasteiger partial charge on any atom is -0.353 e. The minimum atomic E-state index is -4.47. The molecule has 4 nitrogen and oxygen atoms in total. The van der Waals surface area contributed by atoms with Crippen LogP contribution in [0.2, 0.25) is 0 Å². The summed E-state index contributed by atoms with van der Waals surface area (Å²) in [6, 6.07) is 3.36. The number of hydrogen-bond acceptors (Lipinski definition) is 3. The smallest absolute Gasteiger partial charge is 0.353 e. The standard InChI is InChI=1S/C18H26F3N3O/c1-12-10-23(15-7-6-14(9-22-15)17(3,4)5)11-13(2)24(12)16(25)8-18(19,20)21/h6-7,9,12-13H,8,10-11H2,1-5H3. The highest BCUT2D eigenvalue weighted by Crippen LogP contribution is 2.27. The molecule has 7 heteroatoms. The van der Waals surface area contributed by atoms with E-state index in [1.54, 1.807) is 13.8 Å². The van der Waals surface area contributed by atoms with Crippen LogP contribution in [0.5, 0.6) is 0 Å². The van der Waals surface area contributed by atoms with Crippen molar-refractivity contribution in [3.63, 3.8) is 0 Å². The Morgan fingerprint density at radius 1 is 1.16 bits per heavy atom. The van der Waals surface area contributed by atoms with E-state index in [1.165, 1.54) is 4.90 Å². The number of amides is 1. The van der Waals surface area contributed by atoms with Crippen molar-refractivity contribution >= 4 is 11.7 Å². The fraction of sp³-hybridized carbons (Fsp3) is 0.667. The lowest BCUT2D eigenvalue weighted by Crippen LogP contribution is -2.59. The molecule has 0 bridgehead atoms. The van der Waals surface area contributed by atoms with E-state index in [9.17, 15) is 18.0 Å². The van der Waals surface area contributed by atoms with Crippen molar-refractivity contribution in [3.05, 3.63) is 23.9 Å². The third-order valence-corrected chi connectivity index (χ3v) is 4.50. The van der Waals surface area contributed by atoms with E-state index in [4.69, 9.17) is 0 Å². The van der Waals surface area contributed by atoms with Crippen molar-refractivity contribution in [3.8, 4) is 0 Å². The third kappa shape index (κ3) is 4.86. The maximum atomic E-state index is 12.5. The molecule has 1 aliphatic rings. The lowest BCUT2D eigenvalue weighted by molar-refractivity contribution is -0.164. The van der Waals surface area contributed by atoms with Crippen LogP contribution in [-0.2, 0) is 10.2 Å². The van der Waals surface area contributed by atoms with Crippen molar-refractivity contribution in [2.24, 2.45) is 0 Å². The van der Waals surface area contributed by atoms with Gasteiger partial charge in [-0.25, -0.2) is 4.98 Å². The highest BCUT2D eigenvalue weighted by molar-refractivity contribution is 5.78. The summed E-state index contributed by atoms with van der Waals surface area (Å²) in [6.07, 6.45) is -4.04. The first kappa shape index (κ1) is 19.5. The fourth-order valence-corrected chi connectivity index (χ4v) is 3.28.